The van der Waals surface area contributed by atoms with Crippen molar-refractivity contribution in [1.82, 2.24) is 10.2 Å². The van der Waals surface area contributed by atoms with Crippen LogP contribution in [0.4, 0.5) is 11.4 Å². The van der Waals surface area contributed by atoms with E-state index < -0.39 is 23.0 Å². The van der Waals surface area contributed by atoms with Crippen LogP contribution in [0.3, 0.4) is 0 Å². The summed E-state index contributed by atoms with van der Waals surface area (Å²) in [6.45, 7) is 1.53. The number of nitrogens with one attached hydrogen (secondary N) is 1. The van der Waals surface area contributed by atoms with Gasteiger partial charge in [0.05, 0.1) is 16.9 Å². The third-order valence-electron chi connectivity index (χ3n) is 6.31. The second-order valence-electron chi connectivity index (χ2n) is 8.24. The summed E-state index contributed by atoms with van der Waals surface area (Å²) in [4.78, 5) is 40.0. The summed E-state index contributed by atoms with van der Waals surface area (Å²) in [5.41, 5.74) is 1.21. The van der Waals surface area contributed by atoms with Crippen LogP contribution in [0.15, 0.2) is 54.6 Å². The van der Waals surface area contributed by atoms with E-state index in [1.54, 1.807) is 17.0 Å². The molecule has 168 valence electrons. The predicted molar refractivity (Wildman–Crippen MR) is 118 cm³/mol. The smallest absolute Gasteiger partial charge is 0.269 e. The number of benzene rings is 2. The van der Waals surface area contributed by atoms with Crippen LogP contribution in [0.2, 0.25) is 0 Å². The van der Waals surface area contributed by atoms with Gasteiger partial charge in [0, 0.05) is 44.0 Å². The highest BCUT2D eigenvalue weighted by atomic mass is 16.6. The fourth-order valence-electron chi connectivity index (χ4n) is 4.20. The van der Waals surface area contributed by atoms with Gasteiger partial charge in [-0.2, -0.15) is 0 Å². The molecule has 0 unspecified atom stereocenters. The van der Waals surface area contributed by atoms with Crippen molar-refractivity contribution in [2.75, 3.05) is 37.7 Å². The summed E-state index contributed by atoms with van der Waals surface area (Å²) in [5.74, 6) is -0.520. The predicted octanol–water partition coefficient (Wildman–Crippen LogP) is 1.45. The van der Waals surface area contributed by atoms with E-state index in [0.29, 0.717) is 26.2 Å². The van der Waals surface area contributed by atoms with E-state index >= 15 is 0 Å². The van der Waals surface area contributed by atoms with E-state index in [1.807, 2.05) is 30.3 Å². The average Bonchev–Trinajstić information content (AvgIpc) is 3.65. The molecule has 9 nitrogen and oxygen atoms in total. The number of nitro benzene ring substituents is 1. The first-order chi connectivity index (χ1) is 15.4. The number of piperazine rings is 1. The van der Waals surface area contributed by atoms with Crippen LogP contribution in [-0.4, -0.2) is 65.6 Å². The van der Waals surface area contributed by atoms with Crippen molar-refractivity contribution in [3.05, 3.63) is 70.3 Å². The molecule has 0 spiro atoms. The molecule has 0 bridgehead atoms. The van der Waals surface area contributed by atoms with Gasteiger partial charge >= 0.3 is 0 Å². The topological polar surface area (TPSA) is 116 Å². The third-order valence-corrected chi connectivity index (χ3v) is 6.31. The van der Waals surface area contributed by atoms with Crippen LogP contribution in [0.25, 0.3) is 0 Å². The van der Waals surface area contributed by atoms with Crippen molar-refractivity contribution < 1.29 is 19.6 Å². The van der Waals surface area contributed by atoms with Crippen molar-refractivity contribution in [3.63, 3.8) is 0 Å². The Morgan fingerprint density at radius 2 is 1.66 bits per heavy atom. The number of hydrogen-bond acceptors (Lipinski definition) is 6. The Bertz CT molecular complexity index is 983. The van der Waals surface area contributed by atoms with Crippen LogP contribution < -0.4 is 10.2 Å². The minimum atomic E-state index is -0.977. The second kappa shape index (κ2) is 8.96. The lowest BCUT2D eigenvalue weighted by atomic mass is 9.94. The lowest BCUT2D eigenvalue weighted by Crippen LogP contribution is -2.57. The van der Waals surface area contributed by atoms with Gasteiger partial charge in [-0.05, 0) is 30.5 Å². The van der Waals surface area contributed by atoms with E-state index in [9.17, 15) is 24.8 Å². The van der Waals surface area contributed by atoms with Crippen molar-refractivity contribution >= 4 is 23.2 Å². The zero-order valence-corrected chi connectivity index (χ0v) is 17.6. The molecule has 32 heavy (non-hydrogen) atoms. The normalized spacial score (nSPS) is 18.0. The molecule has 1 atom stereocenters. The van der Waals surface area contributed by atoms with Gasteiger partial charge in [-0.25, -0.2) is 0 Å². The quantitative estimate of drug-likeness (QED) is 0.499. The molecule has 1 aliphatic carbocycles. The van der Waals surface area contributed by atoms with Crippen molar-refractivity contribution in [2.45, 2.75) is 24.3 Å². The Morgan fingerprint density at radius 3 is 2.19 bits per heavy atom. The zero-order valence-electron chi connectivity index (χ0n) is 17.6. The summed E-state index contributed by atoms with van der Waals surface area (Å²) in [5, 5.41) is 23.4. The molecule has 2 amide bonds. The summed E-state index contributed by atoms with van der Waals surface area (Å²) in [6, 6.07) is 14.9. The number of non-ortho nitro benzene ring substituents is 1. The van der Waals surface area contributed by atoms with E-state index in [0.717, 1.165) is 24.1 Å². The SMILES string of the molecule is O=C([C@H](CO)NC(=O)C1(c2ccccc2)CC1)N1CCN(c2ccc([N+](=O)[O-])cc2)CC1. The third kappa shape index (κ3) is 4.29. The molecule has 0 aromatic heterocycles. The van der Waals surface area contributed by atoms with E-state index in [2.05, 4.69) is 10.2 Å². The Kier molecular flexibility index (Phi) is 6.09. The number of amides is 2. The number of carbonyl (C=O) groups is 2. The Labute approximate surface area is 185 Å². The number of aliphatic hydroxyl groups is 1. The maximum Gasteiger partial charge on any atom is 0.269 e. The molecule has 2 N–H and O–H groups in total. The maximum absolute atomic E-state index is 13.0. The molecule has 1 saturated carbocycles. The minimum absolute atomic E-state index is 0.0352. The lowest BCUT2D eigenvalue weighted by molar-refractivity contribution is -0.384. The van der Waals surface area contributed by atoms with Crippen LogP contribution in [0.5, 0.6) is 0 Å². The first-order valence-corrected chi connectivity index (χ1v) is 10.7. The van der Waals surface area contributed by atoms with Crippen LogP contribution in [-0.2, 0) is 15.0 Å². The van der Waals surface area contributed by atoms with Gasteiger partial charge in [0.25, 0.3) is 5.69 Å². The average molecular weight is 438 g/mol. The summed E-state index contributed by atoms with van der Waals surface area (Å²) in [7, 11) is 0. The second-order valence-corrected chi connectivity index (χ2v) is 8.24. The monoisotopic (exact) mass is 438 g/mol. The van der Waals surface area contributed by atoms with Gasteiger partial charge in [0.15, 0.2) is 0 Å². The Balaban J connectivity index is 1.34. The molecule has 2 fully saturated rings. The molecule has 2 aliphatic rings. The zero-order chi connectivity index (χ0) is 22.7. The number of rotatable bonds is 7. The summed E-state index contributed by atoms with van der Waals surface area (Å²) < 4.78 is 0. The summed E-state index contributed by atoms with van der Waals surface area (Å²) in [6.07, 6.45) is 1.45. The number of carbonyl (C=O) groups excluding carboxylic acids is 2. The number of hydrogen-bond donors (Lipinski definition) is 2. The molecular formula is C23H26N4O5. The largest absolute Gasteiger partial charge is 0.394 e. The van der Waals surface area contributed by atoms with Gasteiger partial charge < -0.3 is 20.2 Å². The van der Waals surface area contributed by atoms with Crippen LogP contribution in [0.1, 0.15) is 18.4 Å². The van der Waals surface area contributed by atoms with Gasteiger partial charge in [-0.3, -0.25) is 19.7 Å². The highest BCUT2D eigenvalue weighted by Gasteiger charge is 2.52. The molecule has 9 heteroatoms. The highest BCUT2D eigenvalue weighted by molar-refractivity contribution is 5.95. The lowest BCUT2D eigenvalue weighted by Gasteiger charge is -2.37. The van der Waals surface area contributed by atoms with E-state index in [4.69, 9.17) is 0 Å². The molecule has 4 rings (SSSR count). The van der Waals surface area contributed by atoms with Crippen LogP contribution >= 0.6 is 0 Å². The number of nitro groups is 1. The molecule has 1 heterocycles. The van der Waals surface area contributed by atoms with Gasteiger partial charge in [-0.15, -0.1) is 0 Å². The van der Waals surface area contributed by atoms with Crippen molar-refractivity contribution in [1.29, 1.82) is 0 Å². The van der Waals surface area contributed by atoms with Crippen molar-refractivity contribution in [2.24, 2.45) is 0 Å². The first-order valence-electron chi connectivity index (χ1n) is 10.7. The van der Waals surface area contributed by atoms with Gasteiger partial charge in [0.2, 0.25) is 11.8 Å². The van der Waals surface area contributed by atoms with E-state index in [-0.39, 0.29) is 17.5 Å². The maximum atomic E-state index is 13.0. The number of aliphatic hydroxyl groups excluding tert-OH is 1. The number of nitrogens with zero attached hydrogens (tertiary/aromatic N) is 3. The fraction of sp³-hybridized carbons (Fsp3) is 0.391. The fourth-order valence-corrected chi connectivity index (χ4v) is 4.20. The molecule has 1 saturated heterocycles. The summed E-state index contributed by atoms with van der Waals surface area (Å²) >= 11 is 0. The van der Waals surface area contributed by atoms with Crippen LogP contribution in [0, 0.1) is 10.1 Å². The first kappa shape index (κ1) is 21.8. The standard InChI is InChI=1S/C23H26N4O5/c28-16-20(24-22(30)23(10-11-23)17-4-2-1-3-5-17)21(29)26-14-12-25(13-15-26)18-6-8-19(9-7-18)27(31)32/h1-9,20,28H,10-16H2,(H,24,30)/t20-/m0/s1. The van der Waals surface area contributed by atoms with Gasteiger partial charge in [0.1, 0.15) is 6.04 Å². The molecule has 2 aromatic rings. The molecule has 2 aromatic carbocycles. The number of anilines is 1. The molecular weight excluding hydrogens is 412 g/mol. The Hall–Kier alpha value is -3.46. The van der Waals surface area contributed by atoms with E-state index in [1.165, 1.54) is 12.1 Å². The molecule has 1 aliphatic heterocycles. The van der Waals surface area contributed by atoms with Crippen molar-refractivity contribution in [3.8, 4) is 0 Å². The Morgan fingerprint density at radius 1 is 1.03 bits per heavy atom. The van der Waals surface area contributed by atoms with Gasteiger partial charge in [-0.1, -0.05) is 30.3 Å². The minimum Gasteiger partial charge on any atom is -0.394 e. The molecule has 0 radical (unpaired) electrons. The highest BCUT2D eigenvalue weighted by Crippen LogP contribution is 2.48.